The van der Waals surface area contributed by atoms with Crippen LogP contribution in [0.15, 0.2) is 0 Å². The Labute approximate surface area is 118 Å². The lowest BCUT2D eigenvalue weighted by atomic mass is 10.2. The molecule has 1 fully saturated rings. The molecular weight excluding hydrogens is 262 g/mol. The Bertz CT molecular complexity index is 378. The van der Waals surface area contributed by atoms with Gasteiger partial charge in [0.1, 0.15) is 0 Å². The van der Waals surface area contributed by atoms with E-state index < -0.39 is 0 Å². The van der Waals surface area contributed by atoms with E-state index in [0.29, 0.717) is 6.04 Å². The van der Waals surface area contributed by atoms with Gasteiger partial charge in [-0.2, -0.15) is 9.36 Å². The molecule has 2 rings (SSSR count). The number of nitrogens with one attached hydrogen (secondary N) is 1. The third-order valence-electron chi connectivity index (χ3n) is 3.34. The number of aromatic nitrogens is 2. The highest BCUT2D eigenvalue weighted by atomic mass is 32.1. The van der Waals surface area contributed by atoms with E-state index in [4.69, 9.17) is 4.74 Å². The fourth-order valence-corrected chi connectivity index (χ4v) is 2.79. The van der Waals surface area contributed by atoms with Crippen LogP contribution in [0.4, 0.5) is 11.1 Å². The molecule has 6 nitrogen and oxygen atoms in total. The molecule has 1 N–H and O–H groups in total. The van der Waals surface area contributed by atoms with E-state index in [0.717, 1.165) is 50.3 Å². The number of morpholine rings is 1. The van der Waals surface area contributed by atoms with Crippen LogP contribution in [-0.2, 0) is 4.74 Å². The molecule has 1 aliphatic rings. The maximum Gasteiger partial charge on any atom is 0.238 e. The summed E-state index contributed by atoms with van der Waals surface area (Å²) >= 11 is 1.42. The molecule has 1 aliphatic heterocycles. The van der Waals surface area contributed by atoms with Crippen LogP contribution in [0.1, 0.15) is 13.3 Å². The Balaban J connectivity index is 1.84. The maximum absolute atomic E-state index is 5.40. The van der Waals surface area contributed by atoms with Crippen LogP contribution < -0.4 is 10.2 Å². The molecule has 1 aromatic rings. The third-order valence-corrected chi connectivity index (χ3v) is 4.00. The van der Waals surface area contributed by atoms with Crippen molar-refractivity contribution < 1.29 is 4.74 Å². The average Bonchev–Trinajstić information content (AvgIpc) is 2.90. The van der Waals surface area contributed by atoms with Gasteiger partial charge in [0.05, 0.1) is 13.2 Å². The van der Waals surface area contributed by atoms with Crippen LogP contribution in [0, 0.1) is 0 Å². The summed E-state index contributed by atoms with van der Waals surface area (Å²) in [7, 11) is 3.91. The normalized spacial score (nSPS) is 18.3. The fraction of sp³-hybridized carbons (Fsp3) is 0.833. The zero-order valence-corrected chi connectivity index (χ0v) is 12.7. The Morgan fingerprint density at radius 2 is 2.16 bits per heavy atom. The summed E-state index contributed by atoms with van der Waals surface area (Å²) in [5, 5.41) is 4.30. The lowest BCUT2D eigenvalue weighted by molar-refractivity contribution is 0.0184. The van der Waals surface area contributed by atoms with Crippen molar-refractivity contribution >= 4 is 22.6 Å². The predicted molar refractivity (Wildman–Crippen MR) is 79.2 cm³/mol. The molecule has 7 heteroatoms. The maximum atomic E-state index is 5.40. The molecule has 0 bridgehead atoms. The molecule has 0 aliphatic carbocycles. The van der Waals surface area contributed by atoms with Crippen molar-refractivity contribution in [1.82, 2.24) is 14.3 Å². The monoisotopic (exact) mass is 285 g/mol. The number of ether oxygens (including phenoxy) is 1. The van der Waals surface area contributed by atoms with Crippen LogP contribution in [0.2, 0.25) is 0 Å². The number of hydrogen-bond acceptors (Lipinski definition) is 7. The van der Waals surface area contributed by atoms with Crippen LogP contribution in [0.25, 0.3) is 0 Å². The number of rotatable bonds is 6. The van der Waals surface area contributed by atoms with Crippen molar-refractivity contribution in [2.45, 2.75) is 19.4 Å². The van der Waals surface area contributed by atoms with Crippen molar-refractivity contribution in [2.75, 3.05) is 57.2 Å². The Kier molecular flexibility index (Phi) is 5.35. The van der Waals surface area contributed by atoms with Crippen LogP contribution >= 0.6 is 11.5 Å². The molecule has 108 valence electrons. The molecule has 0 unspecified atom stereocenters. The van der Waals surface area contributed by atoms with Gasteiger partial charge in [0.2, 0.25) is 11.1 Å². The fourth-order valence-electron chi connectivity index (χ4n) is 2.15. The molecule has 0 spiro atoms. The van der Waals surface area contributed by atoms with Gasteiger partial charge in [-0.3, -0.25) is 4.90 Å². The highest BCUT2D eigenvalue weighted by Gasteiger charge is 2.19. The van der Waals surface area contributed by atoms with Crippen LogP contribution in [0.5, 0.6) is 0 Å². The highest BCUT2D eigenvalue weighted by Crippen LogP contribution is 2.17. The second kappa shape index (κ2) is 7.02. The number of hydrogen-bond donors (Lipinski definition) is 1. The topological polar surface area (TPSA) is 53.5 Å². The lowest BCUT2D eigenvalue weighted by Gasteiger charge is -2.33. The van der Waals surface area contributed by atoms with Crippen molar-refractivity contribution in [3.63, 3.8) is 0 Å². The van der Waals surface area contributed by atoms with E-state index in [1.54, 1.807) is 0 Å². The first-order valence-electron chi connectivity index (χ1n) is 6.77. The van der Waals surface area contributed by atoms with Crippen molar-refractivity contribution in [3.8, 4) is 0 Å². The van der Waals surface area contributed by atoms with Gasteiger partial charge in [-0.05, 0) is 6.42 Å². The second-order valence-electron chi connectivity index (χ2n) is 4.89. The van der Waals surface area contributed by atoms with Gasteiger partial charge in [0.25, 0.3) is 0 Å². The molecule has 19 heavy (non-hydrogen) atoms. The van der Waals surface area contributed by atoms with Crippen LogP contribution in [0.3, 0.4) is 0 Å². The van der Waals surface area contributed by atoms with Gasteiger partial charge in [-0.25, -0.2) is 0 Å². The molecule has 0 radical (unpaired) electrons. The lowest BCUT2D eigenvalue weighted by Crippen LogP contribution is -2.46. The minimum Gasteiger partial charge on any atom is -0.379 e. The largest absolute Gasteiger partial charge is 0.379 e. The summed E-state index contributed by atoms with van der Waals surface area (Å²) in [6.07, 6.45) is 1.13. The first-order chi connectivity index (χ1) is 9.20. The first-order valence-corrected chi connectivity index (χ1v) is 7.54. The smallest absolute Gasteiger partial charge is 0.238 e. The molecule has 1 atom stereocenters. The summed E-state index contributed by atoms with van der Waals surface area (Å²) in [5.41, 5.74) is 0. The minimum atomic E-state index is 0.538. The molecule has 0 amide bonds. The molecule has 1 saturated heterocycles. The zero-order chi connectivity index (χ0) is 13.7. The summed E-state index contributed by atoms with van der Waals surface area (Å²) in [4.78, 5) is 8.85. The van der Waals surface area contributed by atoms with Crippen molar-refractivity contribution in [2.24, 2.45) is 0 Å². The number of anilines is 2. The van der Waals surface area contributed by atoms with E-state index in [1.165, 1.54) is 11.5 Å². The van der Waals surface area contributed by atoms with Gasteiger partial charge < -0.3 is 15.0 Å². The van der Waals surface area contributed by atoms with Gasteiger partial charge >= 0.3 is 0 Å². The standard InChI is InChI=1S/C12H23N5OS/c1-4-10(17-5-7-18-8-6-17)9-13-12-14-11(15-19-12)16(2)3/h10H,4-9H2,1-3H3,(H,13,14,15)/t10-/m0/s1. The summed E-state index contributed by atoms with van der Waals surface area (Å²) in [6, 6.07) is 0.538. The van der Waals surface area contributed by atoms with E-state index in [1.807, 2.05) is 19.0 Å². The van der Waals surface area contributed by atoms with Crippen molar-refractivity contribution in [3.05, 3.63) is 0 Å². The minimum absolute atomic E-state index is 0.538. The Hall–Kier alpha value is -0.920. The molecule has 0 saturated carbocycles. The van der Waals surface area contributed by atoms with E-state index in [-0.39, 0.29) is 0 Å². The summed E-state index contributed by atoms with van der Waals surface area (Å²) in [5.74, 6) is 0.770. The number of nitrogens with zero attached hydrogens (tertiary/aromatic N) is 4. The summed E-state index contributed by atoms with van der Waals surface area (Å²) in [6.45, 7) is 6.89. The van der Waals surface area contributed by atoms with Gasteiger partial charge in [0.15, 0.2) is 0 Å². The van der Waals surface area contributed by atoms with E-state index >= 15 is 0 Å². The quantitative estimate of drug-likeness (QED) is 0.845. The van der Waals surface area contributed by atoms with Crippen molar-refractivity contribution in [1.29, 1.82) is 0 Å². The molecule has 1 aromatic heterocycles. The zero-order valence-electron chi connectivity index (χ0n) is 11.9. The Morgan fingerprint density at radius 3 is 2.74 bits per heavy atom. The van der Waals surface area contributed by atoms with Gasteiger partial charge in [-0.1, -0.05) is 6.92 Å². The van der Waals surface area contributed by atoms with E-state index in [2.05, 4.69) is 26.5 Å². The van der Waals surface area contributed by atoms with Gasteiger partial charge in [0, 0.05) is 51.3 Å². The van der Waals surface area contributed by atoms with E-state index in [9.17, 15) is 0 Å². The average molecular weight is 285 g/mol. The first kappa shape index (κ1) is 14.5. The SMILES string of the molecule is CC[C@@H](CNc1nc(N(C)C)ns1)N1CCOCC1. The van der Waals surface area contributed by atoms with Crippen LogP contribution in [-0.4, -0.2) is 67.2 Å². The molecule has 0 aromatic carbocycles. The molecule has 2 heterocycles. The Morgan fingerprint density at radius 1 is 1.42 bits per heavy atom. The highest BCUT2D eigenvalue weighted by molar-refractivity contribution is 7.09. The van der Waals surface area contributed by atoms with Gasteiger partial charge in [-0.15, -0.1) is 0 Å². The molecular formula is C12H23N5OS. The predicted octanol–water partition coefficient (Wildman–Crippen LogP) is 1.13. The second-order valence-corrected chi connectivity index (χ2v) is 5.64. The third kappa shape index (κ3) is 4.02. The summed E-state index contributed by atoms with van der Waals surface area (Å²) < 4.78 is 9.69.